The molecule has 2 N–H and O–H groups in total. The zero-order chi connectivity index (χ0) is 22.4. The van der Waals surface area contributed by atoms with Gasteiger partial charge in [-0.05, 0) is 48.2 Å². The van der Waals surface area contributed by atoms with Crippen molar-refractivity contribution in [1.82, 2.24) is 0 Å². The van der Waals surface area contributed by atoms with Crippen molar-refractivity contribution in [2.75, 3.05) is 17.1 Å². The minimum Gasteiger partial charge on any atom is -0.495 e. The van der Waals surface area contributed by atoms with Crippen LogP contribution in [0.25, 0.3) is 0 Å². The van der Waals surface area contributed by atoms with E-state index in [1.54, 1.807) is 43.3 Å². The Bertz CT molecular complexity index is 1160. The monoisotopic (exact) mass is 438 g/mol. The van der Waals surface area contributed by atoms with Crippen molar-refractivity contribution >= 4 is 27.3 Å². The highest BCUT2D eigenvalue weighted by molar-refractivity contribution is 7.92. The van der Waals surface area contributed by atoms with Gasteiger partial charge in [0.1, 0.15) is 5.75 Å². The number of sulfonamides is 1. The molecule has 7 heteroatoms. The topological polar surface area (TPSA) is 84.5 Å². The summed E-state index contributed by atoms with van der Waals surface area (Å²) in [6.07, 6.45) is 0.291. The quantitative estimate of drug-likeness (QED) is 0.522. The Labute approximate surface area is 183 Å². The maximum atomic E-state index is 13.0. The van der Waals surface area contributed by atoms with Gasteiger partial charge in [-0.1, -0.05) is 55.5 Å². The number of ether oxygens (including phenoxy) is 1. The molecule has 0 spiro atoms. The fraction of sp³-hybridized carbons (Fsp3) is 0.208. The molecule has 1 atom stereocenters. The lowest BCUT2D eigenvalue weighted by atomic mass is 9.97. The summed E-state index contributed by atoms with van der Waals surface area (Å²) in [6, 6.07) is 21.4. The second-order valence-electron chi connectivity index (χ2n) is 7.35. The van der Waals surface area contributed by atoms with Crippen LogP contribution in [0.5, 0.6) is 5.75 Å². The lowest BCUT2D eigenvalue weighted by molar-refractivity contribution is -0.116. The van der Waals surface area contributed by atoms with Crippen LogP contribution in [0, 0.1) is 6.92 Å². The molecule has 0 heterocycles. The summed E-state index contributed by atoms with van der Waals surface area (Å²) in [5.74, 6) is 0.284. The lowest BCUT2D eigenvalue weighted by Crippen LogP contribution is -2.17. The first-order valence-corrected chi connectivity index (χ1v) is 11.4. The molecule has 1 amide bonds. The molecule has 3 rings (SSSR count). The number of benzene rings is 3. The van der Waals surface area contributed by atoms with E-state index in [-0.39, 0.29) is 16.7 Å². The van der Waals surface area contributed by atoms with Crippen LogP contribution in [0.4, 0.5) is 11.4 Å². The van der Waals surface area contributed by atoms with Crippen molar-refractivity contribution in [3.05, 3.63) is 83.9 Å². The van der Waals surface area contributed by atoms with Crippen LogP contribution in [0.1, 0.15) is 30.4 Å². The molecule has 3 aromatic rings. The Balaban J connectivity index is 1.77. The van der Waals surface area contributed by atoms with Gasteiger partial charge in [0.25, 0.3) is 10.0 Å². The van der Waals surface area contributed by atoms with Crippen LogP contribution in [-0.4, -0.2) is 21.4 Å². The third-order valence-electron chi connectivity index (χ3n) is 4.97. The first kappa shape index (κ1) is 22.4. The fourth-order valence-corrected chi connectivity index (χ4v) is 4.63. The molecule has 0 saturated carbocycles. The largest absolute Gasteiger partial charge is 0.495 e. The molecule has 0 aliphatic carbocycles. The molecular formula is C24H26N2O4S. The van der Waals surface area contributed by atoms with E-state index in [0.717, 1.165) is 5.56 Å². The van der Waals surface area contributed by atoms with E-state index in [2.05, 4.69) is 10.0 Å². The van der Waals surface area contributed by atoms with Crippen molar-refractivity contribution in [3.63, 3.8) is 0 Å². The Kier molecular flexibility index (Phi) is 6.97. The number of hydrogen-bond acceptors (Lipinski definition) is 4. The smallest absolute Gasteiger partial charge is 0.262 e. The van der Waals surface area contributed by atoms with Gasteiger partial charge < -0.3 is 10.1 Å². The van der Waals surface area contributed by atoms with E-state index >= 15 is 0 Å². The van der Waals surface area contributed by atoms with E-state index in [1.807, 2.05) is 37.3 Å². The second kappa shape index (κ2) is 9.66. The summed E-state index contributed by atoms with van der Waals surface area (Å²) in [5, 5.41) is 2.81. The molecular weight excluding hydrogens is 412 g/mol. The summed E-state index contributed by atoms with van der Waals surface area (Å²) >= 11 is 0. The maximum absolute atomic E-state index is 13.0. The van der Waals surface area contributed by atoms with Gasteiger partial charge in [0.2, 0.25) is 5.91 Å². The number of rotatable bonds is 8. The highest BCUT2D eigenvalue weighted by Crippen LogP contribution is 2.28. The van der Waals surface area contributed by atoms with Crippen LogP contribution in [-0.2, 0) is 14.8 Å². The van der Waals surface area contributed by atoms with Crippen molar-refractivity contribution in [2.24, 2.45) is 0 Å². The van der Waals surface area contributed by atoms with Gasteiger partial charge in [-0.15, -0.1) is 0 Å². The van der Waals surface area contributed by atoms with Crippen molar-refractivity contribution in [2.45, 2.75) is 31.1 Å². The van der Waals surface area contributed by atoms with E-state index in [0.29, 0.717) is 29.1 Å². The lowest BCUT2D eigenvalue weighted by Gasteiger charge is -2.15. The van der Waals surface area contributed by atoms with Gasteiger partial charge >= 0.3 is 0 Å². The average molecular weight is 439 g/mol. The highest BCUT2D eigenvalue weighted by Gasteiger charge is 2.20. The molecule has 0 aliphatic rings. The number of methoxy groups -OCH3 is 1. The second-order valence-corrected chi connectivity index (χ2v) is 9.00. The Morgan fingerprint density at radius 1 is 1.00 bits per heavy atom. The summed E-state index contributed by atoms with van der Waals surface area (Å²) in [4.78, 5) is 12.6. The van der Waals surface area contributed by atoms with Crippen LogP contribution in [0.15, 0.2) is 77.7 Å². The van der Waals surface area contributed by atoms with E-state index in [1.165, 1.54) is 13.2 Å². The van der Waals surface area contributed by atoms with Crippen molar-refractivity contribution < 1.29 is 17.9 Å². The zero-order valence-corrected chi connectivity index (χ0v) is 18.6. The molecule has 0 fully saturated rings. The molecule has 31 heavy (non-hydrogen) atoms. The molecule has 162 valence electrons. The van der Waals surface area contributed by atoms with Gasteiger partial charge in [0.05, 0.1) is 17.7 Å². The van der Waals surface area contributed by atoms with Gasteiger partial charge in [-0.25, -0.2) is 8.42 Å². The van der Waals surface area contributed by atoms with Crippen LogP contribution in [0.2, 0.25) is 0 Å². The third-order valence-corrected chi connectivity index (χ3v) is 6.48. The molecule has 0 unspecified atom stereocenters. The zero-order valence-electron chi connectivity index (χ0n) is 17.8. The van der Waals surface area contributed by atoms with Crippen molar-refractivity contribution in [1.29, 1.82) is 0 Å². The number of nitrogens with one attached hydrogen (secondary N) is 2. The number of carbonyl (C=O) groups excluding carboxylic acids is 1. The standard InChI is InChI=1S/C24H26N2O4S/c1-17-13-14-20(25-24(27)15-18(2)19-9-5-4-6-10-19)16-23(17)31(28,29)26-21-11-7-8-12-22(21)30-3/h4-14,16,18,26H,15H2,1-3H3,(H,25,27)/t18-/m1/s1. The SMILES string of the molecule is COc1ccccc1NS(=O)(=O)c1cc(NC(=O)C[C@@H](C)c2ccccc2)ccc1C. The minimum absolute atomic E-state index is 0.0436. The first-order chi connectivity index (χ1) is 14.8. The molecule has 0 aromatic heterocycles. The fourth-order valence-electron chi connectivity index (χ4n) is 3.29. The van der Waals surface area contributed by atoms with Crippen molar-refractivity contribution in [3.8, 4) is 5.75 Å². The molecule has 0 bridgehead atoms. The van der Waals surface area contributed by atoms with Crippen LogP contribution < -0.4 is 14.8 Å². The summed E-state index contributed by atoms with van der Waals surface area (Å²) in [5.41, 5.74) is 2.41. The third kappa shape index (κ3) is 5.64. The first-order valence-electron chi connectivity index (χ1n) is 9.91. The Hall–Kier alpha value is -3.32. The van der Waals surface area contributed by atoms with E-state index in [4.69, 9.17) is 4.74 Å². The molecule has 0 radical (unpaired) electrons. The Morgan fingerprint density at radius 2 is 1.68 bits per heavy atom. The van der Waals surface area contributed by atoms with Crippen LogP contribution in [0.3, 0.4) is 0 Å². The predicted molar refractivity (Wildman–Crippen MR) is 123 cm³/mol. The minimum atomic E-state index is -3.88. The molecule has 0 aliphatic heterocycles. The predicted octanol–water partition coefficient (Wildman–Crippen LogP) is 4.94. The molecule has 0 saturated heterocycles. The summed E-state index contributed by atoms with van der Waals surface area (Å²) < 4.78 is 33.8. The van der Waals surface area contributed by atoms with Gasteiger partial charge in [-0.2, -0.15) is 0 Å². The molecule has 6 nitrogen and oxygen atoms in total. The Morgan fingerprint density at radius 3 is 2.39 bits per heavy atom. The maximum Gasteiger partial charge on any atom is 0.262 e. The van der Waals surface area contributed by atoms with E-state index < -0.39 is 10.0 Å². The van der Waals surface area contributed by atoms with Gasteiger partial charge in [-0.3, -0.25) is 9.52 Å². The number of hydrogen-bond donors (Lipinski definition) is 2. The number of amides is 1. The number of carbonyl (C=O) groups is 1. The van der Waals surface area contributed by atoms with Crippen LogP contribution >= 0.6 is 0 Å². The van der Waals surface area contributed by atoms with E-state index in [9.17, 15) is 13.2 Å². The molecule has 3 aromatic carbocycles. The number of anilines is 2. The average Bonchev–Trinajstić information content (AvgIpc) is 2.75. The van der Waals surface area contributed by atoms with Gasteiger partial charge in [0, 0.05) is 12.1 Å². The summed E-state index contributed by atoms with van der Waals surface area (Å²) in [7, 11) is -2.41. The number of para-hydroxylation sites is 2. The van der Waals surface area contributed by atoms with Gasteiger partial charge in [0.15, 0.2) is 0 Å². The summed E-state index contributed by atoms with van der Waals surface area (Å²) in [6.45, 7) is 3.69. The number of aryl methyl sites for hydroxylation is 1. The highest BCUT2D eigenvalue weighted by atomic mass is 32.2. The normalized spacial score (nSPS) is 12.1.